The third kappa shape index (κ3) is 8.82. The molecule has 288 valence electrons. The Hall–Kier alpha value is -6.54. The van der Waals surface area contributed by atoms with Crippen LogP contribution in [0.1, 0.15) is 23.6 Å². The summed E-state index contributed by atoms with van der Waals surface area (Å²) in [6, 6.07) is 15.3. The molecule has 2 aromatic heterocycles. The van der Waals surface area contributed by atoms with E-state index in [2.05, 4.69) is 45.6 Å². The predicted molar refractivity (Wildman–Crippen MR) is 208 cm³/mol. The number of anilines is 7. The van der Waals surface area contributed by atoms with Gasteiger partial charge in [-0.2, -0.15) is 24.9 Å². The van der Waals surface area contributed by atoms with Gasteiger partial charge in [0, 0.05) is 39.3 Å². The van der Waals surface area contributed by atoms with Crippen molar-refractivity contribution >= 4 is 62.5 Å². The number of halogens is 1. The summed E-state index contributed by atoms with van der Waals surface area (Å²) >= 11 is 0. The summed E-state index contributed by atoms with van der Waals surface area (Å²) in [5.74, 6) is 2.13. The number of methoxy groups -OCH3 is 3. The van der Waals surface area contributed by atoms with Crippen LogP contribution in [0.4, 0.5) is 51.2 Å². The molecule has 1 aliphatic rings. The molecule has 1 atom stereocenters. The van der Waals surface area contributed by atoms with E-state index < -0.39 is 16.1 Å². The number of ether oxygens (including phenoxy) is 3. The highest BCUT2D eigenvalue weighted by Crippen LogP contribution is 2.43. The van der Waals surface area contributed by atoms with Gasteiger partial charge >= 0.3 is 0 Å². The van der Waals surface area contributed by atoms with Crippen molar-refractivity contribution in [2.45, 2.75) is 17.4 Å². The Morgan fingerprint density at radius 2 is 1.55 bits per heavy atom. The molecule has 0 fully saturated rings. The van der Waals surface area contributed by atoms with Crippen LogP contribution in [-0.4, -0.2) is 87.6 Å². The van der Waals surface area contributed by atoms with Gasteiger partial charge in [-0.25, -0.2) is 22.5 Å². The van der Waals surface area contributed by atoms with Crippen molar-refractivity contribution in [3.8, 4) is 17.2 Å². The summed E-state index contributed by atoms with van der Waals surface area (Å²) in [7, 11) is 4.20. The van der Waals surface area contributed by atoms with Crippen LogP contribution in [0.15, 0.2) is 70.6 Å². The fraction of sp³-hybridized carbons (Fsp3) is 0.257. The van der Waals surface area contributed by atoms with Gasteiger partial charge in [-0.05, 0) is 59.7 Å². The molecule has 0 saturated carbocycles. The molecule has 18 nitrogen and oxygen atoms in total. The first-order valence-corrected chi connectivity index (χ1v) is 18.2. The molecule has 3 heterocycles. The van der Waals surface area contributed by atoms with Crippen molar-refractivity contribution in [1.82, 2.24) is 29.6 Å². The van der Waals surface area contributed by atoms with Gasteiger partial charge in [-0.1, -0.05) is 12.1 Å². The van der Waals surface area contributed by atoms with Crippen LogP contribution in [-0.2, 0) is 10.0 Å². The van der Waals surface area contributed by atoms with Crippen LogP contribution in [0.25, 0.3) is 0 Å². The average Bonchev–Trinajstić information content (AvgIpc) is 3.37. The summed E-state index contributed by atoms with van der Waals surface area (Å²) in [4.78, 5) is 28.1. The number of hydrogen-bond acceptors (Lipinski definition) is 17. The number of hydrogen-bond donors (Lipinski definition) is 6. The first-order valence-electron chi connectivity index (χ1n) is 16.7. The number of aliphatic imine (C=N–C) groups is 1. The molecule has 3 aromatic carbocycles. The van der Waals surface area contributed by atoms with Crippen molar-refractivity contribution in [2.24, 2.45) is 4.99 Å². The Morgan fingerprint density at radius 3 is 2.18 bits per heavy atom. The molecule has 6 rings (SSSR count). The molecule has 20 heteroatoms. The highest BCUT2D eigenvalue weighted by Gasteiger charge is 2.27. The number of sulfonamides is 1. The number of nitrogens with one attached hydrogen (secondary N) is 4. The largest absolute Gasteiger partial charge is 0.493 e. The lowest BCUT2D eigenvalue weighted by atomic mass is 9.96. The zero-order chi connectivity index (χ0) is 39.3. The van der Waals surface area contributed by atoms with Crippen molar-refractivity contribution in [2.75, 3.05) is 80.8 Å². The zero-order valence-electron chi connectivity index (χ0n) is 30.6. The van der Waals surface area contributed by atoms with Crippen LogP contribution >= 0.6 is 0 Å². The van der Waals surface area contributed by atoms with Crippen molar-refractivity contribution in [3.05, 3.63) is 77.6 Å². The van der Waals surface area contributed by atoms with E-state index in [0.717, 1.165) is 5.56 Å². The van der Waals surface area contributed by atoms with Crippen LogP contribution in [0.5, 0.6) is 17.2 Å². The molecule has 55 heavy (non-hydrogen) atoms. The minimum absolute atomic E-state index is 0.0157. The molecule has 0 saturated heterocycles. The van der Waals surface area contributed by atoms with Gasteiger partial charge in [0.15, 0.2) is 23.1 Å². The molecule has 8 N–H and O–H groups in total. The molecular weight excluding hydrogens is 734 g/mol. The van der Waals surface area contributed by atoms with E-state index in [9.17, 15) is 12.8 Å². The molecule has 5 aromatic rings. The second-order valence-corrected chi connectivity index (χ2v) is 14.0. The van der Waals surface area contributed by atoms with E-state index >= 15 is 0 Å². The zero-order valence-corrected chi connectivity index (χ0v) is 31.4. The van der Waals surface area contributed by atoms with Crippen LogP contribution in [0.2, 0.25) is 0 Å². The van der Waals surface area contributed by atoms with Gasteiger partial charge in [-0.15, -0.1) is 0 Å². The summed E-state index contributed by atoms with van der Waals surface area (Å²) < 4.78 is 59.3. The van der Waals surface area contributed by atoms with Gasteiger partial charge in [0.05, 0.1) is 38.0 Å². The van der Waals surface area contributed by atoms with E-state index in [-0.39, 0.29) is 47.5 Å². The van der Waals surface area contributed by atoms with Gasteiger partial charge in [0.2, 0.25) is 39.6 Å². The first-order chi connectivity index (χ1) is 26.4. The van der Waals surface area contributed by atoms with E-state index in [4.69, 9.17) is 30.7 Å². The third-order valence-corrected chi connectivity index (χ3v) is 9.77. The number of nitrogens with two attached hydrogens (primary N) is 2. The van der Waals surface area contributed by atoms with E-state index in [0.29, 0.717) is 58.1 Å². The fourth-order valence-corrected chi connectivity index (χ4v) is 6.64. The second kappa shape index (κ2) is 16.2. The highest BCUT2D eigenvalue weighted by molar-refractivity contribution is 7.89. The lowest BCUT2D eigenvalue weighted by molar-refractivity contribution is 0.323. The minimum atomic E-state index is -3.92. The fourth-order valence-electron chi connectivity index (χ4n) is 5.61. The molecule has 1 aliphatic heterocycles. The molecule has 0 bridgehead atoms. The molecule has 0 spiro atoms. The van der Waals surface area contributed by atoms with Gasteiger partial charge in [0.1, 0.15) is 11.5 Å². The minimum Gasteiger partial charge on any atom is -0.493 e. The number of benzene rings is 3. The van der Waals surface area contributed by atoms with E-state index in [1.54, 1.807) is 43.3 Å². The first kappa shape index (κ1) is 38.2. The Labute approximate surface area is 316 Å². The lowest BCUT2D eigenvalue weighted by Crippen LogP contribution is -2.29. The molecule has 1 unspecified atom stereocenters. The number of nitrogen functional groups attached to an aromatic ring is 2. The molecule has 0 amide bonds. The van der Waals surface area contributed by atoms with Crippen LogP contribution in [0, 0.1) is 5.82 Å². The van der Waals surface area contributed by atoms with Crippen LogP contribution < -0.4 is 51.3 Å². The standard InChI is InChI=1S/C35H40FN13O5S/c1-49(2)35-47-33(46-34(48-35)41-22-10-8-21(36)9-11-22)39-14-15-40-55(50,51)23-12-6-19(7-13-23)24-18-25(43-31-28(42-24)30(37)44-32(38)45-31)20-16-26(52-3)29(54-5)27(17-20)53-4/h6-13,16-17,25,40H,14-15,18H2,1-5H3,(H5,37,38,43,44,45)(H2,39,41,46,47,48). The average molecular weight is 774 g/mol. The summed E-state index contributed by atoms with van der Waals surface area (Å²) in [5.41, 5.74) is 15.0. The van der Waals surface area contributed by atoms with Gasteiger partial charge in [0.25, 0.3) is 0 Å². The van der Waals surface area contributed by atoms with Crippen molar-refractivity contribution < 1.29 is 27.0 Å². The Kier molecular flexibility index (Phi) is 11.3. The quantitative estimate of drug-likeness (QED) is 0.0878. The maximum atomic E-state index is 13.4. The second-order valence-electron chi connectivity index (χ2n) is 12.2. The molecule has 0 aliphatic carbocycles. The summed E-state index contributed by atoms with van der Waals surface area (Å²) in [6.07, 6.45) is 0.318. The maximum absolute atomic E-state index is 13.4. The number of nitrogens with zero attached hydrogens (tertiary/aromatic N) is 7. The maximum Gasteiger partial charge on any atom is 0.240 e. The highest BCUT2D eigenvalue weighted by atomic mass is 32.2. The van der Waals surface area contributed by atoms with E-state index in [1.807, 2.05) is 12.1 Å². The summed E-state index contributed by atoms with van der Waals surface area (Å²) in [5, 5.41) is 9.42. The Morgan fingerprint density at radius 1 is 0.873 bits per heavy atom. The lowest BCUT2D eigenvalue weighted by Gasteiger charge is -2.22. The number of fused-ring (bicyclic) bond motifs is 1. The smallest absolute Gasteiger partial charge is 0.240 e. The SMILES string of the molecule is COc1cc(C2CC(c3ccc(S(=O)(=O)NCCNc4nc(Nc5ccc(F)cc5)nc(N(C)C)n4)cc3)=Nc3c(N)nc(N)nc3N2)cc(OC)c1OC. The third-order valence-electron chi connectivity index (χ3n) is 8.29. The van der Waals surface area contributed by atoms with Gasteiger partial charge < -0.3 is 46.5 Å². The van der Waals surface area contributed by atoms with Gasteiger partial charge in [-0.3, -0.25) is 0 Å². The predicted octanol–water partition coefficient (Wildman–Crippen LogP) is 3.87. The van der Waals surface area contributed by atoms with E-state index in [1.165, 1.54) is 45.6 Å². The monoisotopic (exact) mass is 773 g/mol. The Balaban J connectivity index is 1.18. The number of aromatic nitrogens is 5. The molecule has 0 radical (unpaired) electrons. The Bertz CT molecular complexity index is 2290. The normalized spacial score (nSPS) is 13.8. The topological polar surface area (TPSA) is 242 Å². The van der Waals surface area contributed by atoms with Crippen molar-refractivity contribution in [3.63, 3.8) is 0 Å². The number of rotatable bonds is 14. The summed E-state index contributed by atoms with van der Waals surface area (Å²) in [6.45, 7) is 0.172. The van der Waals surface area contributed by atoms with Crippen LogP contribution in [0.3, 0.4) is 0 Å². The molecular formula is C35H40FN13O5S. The van der Waals surface area contributed by atoms with Crippen molar-refractivity contribution in [1.29, 1.82) is 0 Å².